The lowest BCUT2D eigenvalue weighted by molar-refractivity contribution is 0.207. The van der Waals surface area contributed by atoms with E-state index < -0.39 is 0 Å². The topological polar surface area (TPSA) is 21.3 Å². The fourth-order valence-electron chi connectivity index (χ4n) is 3.56. The van der Waals surface area contributed by atoms with Crippen molar-refractivity contribution in [2.24, 2.45) is 5.41 Å². The minimum absolute atomic E-state index is 0.494. The third-order valence-electron chi connectivity index (χ3n) is 4.75. The van der Waals surface area contributed by atoms with Crippen molar-refractivity contribution in [1.29, 1.82) is 0 Å². The molecule has 0 unspecified atom stereocenters. The molecule has 0 radical (unpaired) electrons. The highest BCUT2D eigenvalue weighted by atomic mass is 79.9. The van der Waals surface area contributed by atoms with Crippen molar-refractivity contribution in [3.63, 3.8) is 0 Å². The van der Waals surface area contributed by atoms with Crippen LogP contribution in [0.2, 0.25) is 0 Å². The lowest BCUT2D eigenvalue weighted by Gasteiger charge is -2.33. The van der Waals surface area contributed by atoms with Crippen LogP contribution >= 0.6 is 15.9 Å². The van der Waals surface area contributed by atoms with Crippen LogP contribution in [0.25, 0.3) is 0 Å². The molecule has 0 atom stereocenters. The van der Waals surface area contributed by atoms with Gasteiger partial charge in [-0.05, 0) is 36.0 Å². The van der Waals surface area contributed by atoms with E-state index >= 15 is 0 Å². The summed E-state index contributed by atoms with van der Waals surface area (Å²) in [5.41, 5.74) is 3.14. The first-order chi connectivity index (χ1) is 9.66. The molecule has 2 aliphatic rings. The van der Waals surface area contributed by atoms with E-state index in [0.717, 1.165) is 31.9 Å². The summed E-state index contributed by atoms with van der Waals surface area (Å²) in [4.78, 5) is 0. The molecule has 1 aromatic rings. The van der Waals surface area contributed by atoms with Gasteiger partial charge in [0.2, 0.25) is 0 Å². The summed E-state index contributed by atoms with van der Waals surface area (Å²) in [6.45, 7) is 5.29. The van der Waals surface area contributed by atoms with Gasteiger partial charge < -0.3 is 10.1 Å². The molecule has 3 heteroatoms. The Balaban J connectivity index is 1.61. The maximum atomic E-state index is 5.79. The minimum atomic E-state index is 0.494. The minimum Gasteiger partial charge on any atom is -0.493 e. The standard InChI is InChI=1S/C17H24BrNO/c1-17(6-3-2-4-7-17)12-19-11-14-10-15(18)9-13-5-8-20-16(13)14/h9-10,19H,2-8,11-12H2,1H3. The first kappa shape index (κ1) is 14.4. The van der Waals surface area contributed by atoms with E-state index in [4.69, 9.17) is 4.74 Å². The highest BCUT2D eigenvalue weighted by Crippen LogP contribution is 2.36. The van der Waals surface area contributed by atoms with E-state index in [1.807, 2.05) is 0 Å². The molecule has 3 rings (SSSR count). The van der Waals surface area contributed by atoms with Gasteiger partial charge >= 0.3 is 0 Å². The quantitative estimate of drug-likeness (QED) is 0.876. The number of halogens is 1. The Kier molecular flexibility index (Phi) is 4.37. The van der Waals surface area contributed by atoms with Gasteiger partial charge in [-0.1, -0.05) is 42.1 Å². The summed E-state index contributed by atoms with van der Waals surface area (Å²) in [5, 5.41) is 3.67. The van der Waals surface area contributed by atoms with Gasteiger partial charge in [-0.3, -0.25) is 0 Å². The van der Waals surface area contributed by atoms with Gasteiger partial charge in [0, 0.05) is 29.5 Å². The number of benzene rings is 1. The average Bonchev–Trinajstić information content (AvgIpc) is 2.87. The molecule has 1 aliphatic heterocycles. The summed E-state index contributed by atoms with van der Waals surface area (Å²) in [6.07, 6.45) is 7.99. The van der Waals surface area contributed by atoms with Gasteiger partial charge in [0.05, 0.1) is 6.61 Å². The molecule has 0 saturated heterocycles. The second-order valence-electron chi connectivity index (χ2n) is 6.63. The number of ether oxygens (including phenoxy) is 1. The molecule has 1 aromatic carbocycles. The monoisotopic (exact) mass is 337 g/mol. The summed E-state index contributed by atoms with van der Waals surface area (Å²) < 4.78 is 6.96. The van der Waals surface area contributed by atoms with E-state index in [1.165, 1.54) is 47.7 Å². The molecule has 0 aromatic heterocycles. The molecule has 110 valence electrons. The lowest BCUT2D eigenvalue weighted by atomic mass is 9.76. The van der Waals surface area contributed by atoms with E-state index in [2.05, 4.69) is 40.3 Å². The normalized spacial score (nSPS) is 20.5. The molecule has 1 aliphatic carbocycles. The third-order valence-corrected chi connectivity index (χ3v) is 5.21. The van der Waals surface area contributed by atoms with Crippen molar-refractivity contribution in [3.05, 3.63) is 27.7 Å². The van der Waals surface area contributed by atoms with Crippen LogP contribution in [0.1, 0.15) is 50.2 Å². The predicted molar refractivity (Wildman–Crippen MR) is 86.2 cm³/mol. The molecule has 1 N–H and O–H groups in total. The zero-order chi connectivity index (χ0) is 14.0. The molecule has 0 amide bonds. The zero-order valence-electron chi connectivity index (χ0n) is 12.3. The summed E-state index contributed by atoms with van der Waals surface area (Å²) in [5.74, 6) is 1.12. The fraction of sp³-hybridized carbons (Fsp3) is 0.647. The predicted octanol–water partition coefficient (Wildman–Crippen LogP) is 4.44. The van der Waals surface area contributed by atoms with Crippen LogP contribution in [0.4, 0.5) is 0 Å². The van der Waals surface area contributed by atoms with Crippen molar-refractivity contribution >= 4 is 15.9 Å². The van der Waals surface area contributed by atoms with Crippen molar-refractivity contribution < 1.29 is 4.74 Å². The van der Waals surface area contributed by atoms with Gasteiger partial charge in [-0.15, -0.1) is 0 Å². The second-order valence-corrected chi connectivity index (χ2v) is 7.54. The smallest absolute Gasteiger partial charge is 0.127 e. The van der Waals surface area contributed by atoms with E-state index in [0.29, 0.717) is 5.41 Å². The first-order valence-electron chi connectivity index (χ1n) is 7.81. The molecular weight excluding hydrogens is 314 g/mol. The number of fused-ring (bicyclic) bond motifs is 1. The second kappa shape index (κ2) is 6.07. The number of rotatable bonds is 4. The van der Waals surface area contributed by atoms with Crippen LogP contribution in [0.3, 0.4) is 0 Å². The fourth-order valence-corrected chi connectivity index (χ4v) is 4.11. The van der Waals surface area contributed by atoms with Crippen LogP contribution in [0.15, 0.2) is 16.6 Å². The van der Waals surface area contributed by atoms with E-state index in [9.17, 15) is 0 Å². The Hall–Kier alpha value is -0.540. The Morgan fingerprint density at radius 2 is 2.05 bits per heavy atom. The van der Waals surface area contributed by atoms with Crippen molar-refractivity contribution in [3.8, 4) is 5.75 Å². The molecule has 2 nitrogen and oxygen atoms in total. The SMILES string of the molecule is CC1(CNCc2cc(Br)cc3c2OCC3)CCCCC1. The Morgan fingerprint density at radius 1 is 1.25 bits per heavy atom. The van der Waals surface area contributed by atoms with E-state index in [-0.39, 0.29) is 0 Å². The maximum absolute atomic E-state index is 5.79. The number of nitrogens with one attached hydrogen (secondary N) is 1. The molecule has 0 spiro atoms. The van der Waals surface area contributed by atoms with Crippen LogP contribution in [0.5, 0.6) is 5.75 Å². The molecule has 1 heterocycles. The number of hydrogen-bond acceptors (Lipinski definition) is 2. The molecule has 1 saturated carbocycles. The molecular formula is C17H24BrNO. The van der Waals surface area contributed by atoms with Gasteiger partial charge in [0.1, 0.15) is 5.75 Å². The Bertz CT molecular complexity index is 480. The van der Waals surface area contributed by atoms with Crippen LogP contribution in [-0.4, -0.2) is 13.2 Å². The van der Waals surface area contributed by atoms with Gasteiger partial charge in [-0.2, -0.15) is 0 Å². The van der Waals surface area contributed by atoms with Gasteiger partial charge in [-0.25, -0.2) is 0 Å². The maximum Gasteiger partial charge on any atom is 0.127 e. The molecule has 20 heavy (non-hydrogen) atoms. The van der Waals surface area contributed by atoms with Crippen molar-refractivity contribution in [2.45, 2.75) is 52.0 Å². The molecule has 1 fully saturated rings. The van der Waals surface area contributed by atoms with Gasteiger partial charge in [0.25, 0.3) is 0 Å². The van der Waals surface area contributed by atoms with Crippen LogP contribution in [-0.2, 0) is 13.0 Å². The first-order valence-corrected chi connectivity index (χ1v) is 8.60. The van der Waals surface area contributed by atoms with Gasteiger partial charge in [0.15, 0.2) is 0 Å². The lowest BCUT2D eigenvalue weighted by Crippen LogP contribution is -2.33. The average molecular weight is 338 g/mol. The summed E-state index contributed by atoms with van der Waals surface area (Å²) in [7, 11) is 0. The Morgan fingerprint density at radius 3 is 2.85 bits per heavy atom. The molecule has 0 bridgehead atoms. The van der Waals surface area contributed by atoms with Crippen molar-refractivity contribution in [1.82, 2.24) is 5.32 Å². The highest BCUT2D eigenvalue weighted by Gasteiger charge is 2.26. The van der Waals surface area contributed by atoms with Crippen molar-refractivity contribution in [2.75, 3.05) is 13.2 Å². The van der Waals surface area contributed by atoms with Crippen LogP contribution < -0.4 is 10.1 Å². The number of hydrogen-bond donors (Lipinski definition) is 1. The van der Waals surface area contributed by atoms with E-state index in [1.54, 1.807) is 0 Å². The highest BCUT2D eigenvalue weighted by molar-refractivity contribution is 9.10. The summed E-state index contributed by atoms with van der Waals surface area (Å²) >= 11 is 3.61. The Labute approximate surface area is 130 Å². The summed E-state index contributed by atoms with van der Waals surface area (Å²) in [6, 6.07) is 4.38. The van der Waals surface area contributed by atoms with Crippen LogP contribution in [0, 0.1) is 5.41 Å². The third kappa shape index (κ3) is 3.20. The zero-order valence-corrected chi connectivity index (χ0v) is 13.9. The largest absolute Gasteiger partial charge is 0.493 e.